The minimum Gasteiger partial charge on any atom is -0.493 e. The van der Waals surface area contributed by atoms with E-state index in [9.17, 15) is 0 Å². The molecule has 0 fully saturated rings. The molecule has 4 heteroatoms. The number of methoxy groups -OCH3 is 2. The van der Waals surface area contributed by atoms with Crippen molar-refractivity contribution in [3.05, 3.63) is 59.3 Å². The molecule has 2 atom stereocenters. The van der Waals surface area contributed by atoms with E-state index in [1.807, 2.05) is 6.07 Å². The van der Waals surface area contributed by atoms with Crippen molar-refractivity contribution in [2.75, 3.05) is 20.8 Å². The monoisotopic (exact) mass is 350 g/mol. The Balaban J connectivity index is 1.73. The van der Waals surface area contributed by atoms with Gasteiger partial charge >= 0.3 is 0 Å². The second-order valence-corrected chi connectivity index (χ2v) is 7.02. The zero-order valence-electron chi connectivity index (χ0n) is 15.9. The smallest absolute Gasteiger partial charge is 0.162 e. The molecule has 2 heterocycles. The van der Waals surface area contributed by atoms with Gasteiger partial charge in [-0.3, -0.25) is 4.90 Å². The van der Waals surface area contributed by atoms with Crippen molar-refractivity contribution < 1.29 is 9.47 Å². The maximum atomic E-state index is 5.50. The molecule has 2 aromatic carbocycles. The summed E-state index contributed by atoms with van der Waals surface area (Å²) in [6.07, 6.45) is 1.03. The second-order valence-electron chi connectivity index (χ2n) is 7.02. The van der Waals surface area contributed by atoms with E-state index in [4.69, 9.17) is 9.47 Å². The summed E-state index contributed by atoms with van der Waals surface area (Å²) in [7, 11) is 3.37. The minimum atomic E-state index is 0.332. The number of rotatable bonds is 4. The molecule has 0 saturated carbocycles. The maximum Gasteiger partial charge on any atom is 0.162 e. The van der Waals surface area contributed by atoms with E-state index in [-0.39, 0.29) is 0 Å². The number of fused-ring (bicyclic) bond motifs is 3. The molecular weight excluding hydrogens is 324 g/mol. The molecular formula is C22H26N2O2. The lowest BCUT2D eigenvalue weighted by Gasteiger charge is -2.38. The lowest BCUT2D eigenvalue weighted by atomic mass is 9.95. The first kappa shape index (κ1) is 17.0. The van der Waals surface area contributed by atoms with Crippen molar-refractivity contribution in [1.82, 2.24) is 9.88 Å². The second kappa shape index (κ2) is 6.69. The number of ether oxygens (including phenoxy) is 2. The average molecular weight is 350 g/mol. The number of hydrogen-bond donors (Lipinski definition) is 1. The van der Waals surface area contributed by atoms with Gasteiger partial charge in [-0.05, 0) is 37.5 Å². The molecule has 0 radical (unpaired) electrons. The van der Waals surface area contributed by atoms with Gasteiger partial charge in [-0.1, -0.05) is 30.3 Å². The van der Waals surface area contributed by atoms with Gasteiger partial charge < -0.3 is 14.5 Å². The Morgan fingerprint density at radius 1 is 1.08 bits per heavy atom. The van der Waals surface area contributed by atoms with Crippen LogP contribution in [0.3, 0.4) is 0 Å². The highest BCUT2D eigenvalue weighted by atomic mass is 16.5. The molecule has 1 aromatic heterocycles. The summed E-state index contributed by atoms with van der Waals surface area (Å²) in [6.45, 7) is 5.64. The highest BCUT2D eigenvalue weighted by molar-refractivity contribution is 5.88. The van der Waals surface area contributed by atoms with E-state index < -0.39 is 0 Å². The Bertz CT molecular complexity index is 917. The molecule has 1 aliphatic rings. The number of nitrogens with one attached hydrogen (secondary N) is 1. The lowest BCUT2D eigenvalue weighted by molar-refractivity contribution is 0.142. The molecule has 1 aliphatic heterocycles. The molecule has 0 unspecified atom stereocenters. The van der Waals surface area contributed by atoms with Gasteiger partial charge in [-0.2, -0.15) is 0 Å². The molecule has 136 valence electrons. The van der Waals surface area contributed by atoms with Crippen LogP contribution in [0.15, 0.2) is 42.5 Å². The first-order valence-electron chi connectivity index (χ1n) is 9.21. The van der Waals surface area contributed by atoms with Crippen LogP contribution >= 0.6 is 0 Å². The van der Waals surface area contributed by atoms with Gasteiger partial charge in [0.2, 0.25) is 0 Å². The van der Waals surface area contributed by atoms with Crippen LogP contribution in [0, 0.1) is 0 Å². The Kier molecular flexibility index (Phi) is 4.37. The van der Waals surface area contributed by atoms with Gasteiger partial charge in [0, 0.05) is 41.3 Å². The Hall–Kier alpha value is -2.46. The predicted molar refractivity (Wildman–Crippen MR) is 105 cm³/mol. The van der Waals surface area contributed by atoms with Crippen LogP contribution < -0.4 is 9.47 Å². The van der Waals surface area contributed by atoms with Crippen LogP contribution in [0.25, 0.3) is 10.9 Å². The Morgan fingerprint density at radius 2 is 1.77 bits per heavy atom. The standard InChI is InChI=1S/C22H26N2O2/c1-14(16-8-6-5-7-9-16)24-11-10-17-18-12-20(25-3)21(26-4)13-19(18)23-22(17)15(24)2/h5-9,12-15,23H,10-11H2,1-4H3/t14-,15+/m0/s1. The van der Waals surface area contributed by atoms with Crippen molar-refractivity contribution >= 4 is 10.9 Å². The van der Waals surface area contributed by atoms with Crippen molar-refractivity contribution in [3.63, 3.8) is 0 Å². The van der Waals surface area contributed by atoms with Gasteiger partial charge in [-0.25, -0.2) is 0 Å². The fraction of sp³-hybridized carbons (Fsp3) is 0.364. The third kappa shape index (κ3) is 2.65. The third-order valence-electron chi connectivity index (χ3n) is 5.76. The van der Waals surface area contributed by atoms with Crippen LogP contribution in [-0.2, 0) is 6.42 Å². The third-order valence-corrected chi connectivity index (χ3v) is 5.76. The highest BCUT2D eigenvalue weighted by Crippen LogP contribution is 2.41. The van der Waals surface area contributed by atoms with Crippen molar-refractivity contribution in [1.29, 1.82) is 0 Å². The van der Waals surface area contributed by atoms with Gasteiger partial charge in [0.1, 0.15) is 0 Å². The highest BCUT2D eigenvalue weighted by Gasteiger charge is 2.31. The van der Waals surface area contributed by atoms with E-state index in [0.717, 1.165) is 30.0 Å². The van der Waals surface area contributed by atoms with Gasteiger partial charge in [0.05, 0.1) is 14.2 Å². The van der Waals surface area contributed by atoms with E-state index in [0.29, 0.717) is 12.1 Å². The van der Waals surface area contributed by atoms with Gasteiger partial charge in [-0.15, -0.1) is 0 Å². The number of H-pyrrole nitrogens is 1. The van der Waals surface area contributed by atoms with E-state index in [1.165, 1.54) is 22.2 Å². The van der Waals surface area contributed by atoms with Crippen molar-refractivity contribution in [3.8, 4) is 11.5 Å². The number of nitrogens with zero attached hydrogens (tertiary/aromatic N) is 1. The summed E-state index contributed by atoms with van der Waals surface area (Å²) in [5.41, 5.74) is 5.20. The summed E-state index contributed by atoms with van der Waals surface area (Å²) in [5, 5.41) is 1.25. The molecule has 4 nitrogen and oxygen atoms in total. The molecule has 0 bridgehead atoms. The van der Waals surface area contributed by atoms with Crippen LogP contribution in [0.4, 0.5) is 0 Å². The van der Waals surface area contributed by atoms with Crippen LogP contribution in [-0.4, -0.2) is 30.6 Å². The lowest BCUT2D eigenvalue weighted by Crippen LogP contribution is -2.35. The molecule has 1 N–H and O–H groups in total. The Labute approximate surface area is 154 Å². The molecule has 0 amide bonds. The van der Waals surface area contributed by atoms with Crippen molar-refractivity contribution in [2.24, 2.45) is 0 Å². The summed E-state index contributed by atoms with van der Waals surface area (Å²) < 4.78 is 11.0. The summed E-state index contributed by atoms with van der Waals surface area (Å²) >= 11 is 0. The van der Waals surface area contributed by atoms with Gasteiger partial charge in [0.25, 0.3) is 0 Å². The molecule has 0 spiro atoms. The fourth-order valence-corrected chi connectivity index (χ4v) is 4.28. The molecule has 3 aromatic rings. The number of hydrogen-bond acceptors (Lipinski definition) is 3. The zero-order valence-corrected chi connectivity index (χ0v) is 15.9. The van der Waals surface area contributed by atoms with E-state index >= 15 is 0 Å². The van der Waals surface area contributed by atoms with Crippen molar-refractivity contribution in [2.45, 2.75) is 32.4 Å². The predicted octanol–water partition coefficient (Wildman–Crippen LogP) is 4.87. The topological polar surface area (TPSA) is 37.5 Å². The quantitative estimate of drug-likeness (QED) is 0.730. The zero-order chi connectivity index (χ0) is 18.3. The maximum absolute atomic E-state index is 5.50. The minimum absolute atomic E-state index is 0.332. The first-order valence-corrected chi connectivity index (χ1v) is 9.21. The van der Waals surface area contributed by atoms with Crippen LogP contribution in [0.2, 0.25) is 0 Å². The van der Waals surface area contributed by atoms with Gasteiger partial charge in [0.15, 0.2) is 11.5 Å². The summed E-state index contributed by atoms with van der Waals surface area (Å²) in [4.78, 5) is 6.22. The largest absolute Gasteiger partial charge is 0.493 e. The normalized spacial score (nSPS) is 18.5. The SMILES string of the molecule is COc1cc2[nH]c3c(c2cc1OC)CCN([C@@H](C)c1ccccc1)[C@@H]3C. The number of benzene rings is 2. The average Bonchev–Trinajstić information content (AvgIpc) is 3.05. The summed E-state index contributed by atoms with van der Waals surface area (Å²) in [5.74, 6) is 1.55. The molecule has 4 rings (SSSR count). The fourth-order valence-electron chi connectivity index (χ4n) is 4.28. The number of aromatic amines is 1. The van der Waals surface area contributed by atoms with Crippen LogP contribution in [0.1, 0.15) is 42.8 Å². The van der Waals surface area contributed by atoms with Crippen LogP contribution in [0.5, 0.6) is 11.5 Å². The van der Waals surface area contributed by atoms with E-state index in [1.54, 1.807) is 14.2 Å². The molecule has 0 saturated heterocycles. The number of aromatic nitrogens is 1. The molecule has 0 aliphatic carbocycles. The van der Waals surface area contributed by atoms with E-state index in [2.05, 4.69) is 60.1 Å². The summed E-state index contributed by atoms with van der Waals surface area (Å²) in [6, 6.07) is 15.6. The Morgan fingerprint density at radius 3 is 2.46 bits per heavy atom. The first-order chi connectivity index (χ1) is 12.6. The molecule has 26 heavy (non-hydrogen) atoms.